The van der Waals surface area contributed by atoms with Crippen LogP contribution in [0.4, 0.5) is 11.6 Å². The predicted octanol–water partition coefficient (Wildman–Crippen LogP) is 1.10. The first kappa shape index (κ1) is 12.2. The van der Waals surface area contributed by atoms with Crippen LogP contribution in [0.15, 0.2) is 6.07 Å². The third-order valence-corrected chi connectivity index (χ3v) is 1.70. The topological polar surface area (TPSA) is 87.1 Å². The molecule has 0 spiro atoms. The molecule has 1 heterocycles. The second-order valence-electron chi connectivity index (χ2n) is 3.73. The summed E-state index contributed by atoms with van der Waals surface area (Å²) >= 11 is 0. The number of rotatable bonds is 5. The van der Waals surface area contributed by atoms with Crippen molar-refractivity contribution in [2.24, 2.45) is 0 Å². The van der Waals surface area contributed by atoms with Crippen molar-refractivity contribution in [2.75, 3.05) is 17.2 Å². The minimum Gasteiger partial charge on any atom is -0.480 e. The molecule has 16 heavy (non-hydrogen) atoms. The number of aryl methyl sites for hydroxylation is 1. The molecule has 0 amide bonds. The molecular weight excluding hydrogens is 208 g/mol. The van der Waals surface area contributed by atoms with Gasteiger partial charge in [-0.15, -0.1) is 0 Å². The van der Waals surface area contributed by atoms with E-state index < -0.39 is 5.97 Å². The van der Waals surface area contributed by atoms with Crippen molar-refractivity contribution in [3.8, 4) is 0 Å². The normalized spacial score (nSPS) is 10.2. The first-order valence-corrected chi connectivity index (χ1v) is 5.05. The Balaban J connectivity index is 2.77. The van der Waals surface area contributed by atoms with Gasteiger partial charge in [0.05, 0.1) is 0 Å². The molecule has 0 atom stereocenters. The van der Waals surface area contributed by atoms with Crippen LogP contribution in [0, 0.1) is 6.92 Å². The molecule has 1 aromatic rings. The highest BCUT2D eigenvalue weighted by Gasteiger charge is 2.04. The summed E-state index contributed by atoms with van der Waals surface area (Å²) in [6, 6.07) is 1.96. The molecule has 1 rings (SSSR count). The molecule has 0 unspecified atom stereocenters. The van der Waals surface area contributed by atoms with Gasteiger partial charge >= 0.3 is 5.97 Å². The number of carbonyl (C=O) groups is 1. The van der Waals surface area contributed by atoms with Crippen LogP contribution in [0.1, 0.15) is 19.7 Å². The average molecular weight is 224 g/mol. The maximum atomic E-state index is 10.4. The van der Waals surface area contributed by atoms with Gasteiger partial charge in [-0.1, -0.05) is 0 Å². The van der Waals surface area contributed by atoms with Crippen molar-refractivity contribution in [3.63, 3.8) is 0 Å². The van der Waals surface area contributed by atoms with E-state index >= 15 is 0 Å². The highest BCUT2D eigenvalue weighted by molar-refractivity contribution is 5.72. The van der Waals surface area contributed by atoms with E-state index in [-0.39, 0.29) is 12.6 Å². The van der Waals surface area contributed by atoms with Crippen LogP contribution in [0.2, 0.25) is 0 Å². The van der Waals surface area contributed by atoms with Crippen LogP contribution in [-0.2, 0) is 4.79 Å². The second-order valence-corrected chi connectivity index (χ2v) is 3.73. The van der Waals surface area contributed by atoms with Crippen molar-refractivity contribution in [2.45, 2.75) is 26.8 Å². The van der Waals surface area contributed by atoms with Crippen LogP contribution in [-0.4, -0.2) is 33.6 Å². The molecule has 6 nitrogen and oxygen atoms in total. The highest BCUT2D eigenvalue weighted by Crippen LogP contribution is 2.11. The number of nitrogens with zero attached hydrogens (tertiary/aromatic N) is 2. The Kier molecular flexibility index (Phi) is 4.04. The smallest absolute Gasteiger partial charge is 0.322 e. The largest absolute Gasteiger partial charge is 0.480 e. The summed E-state index contributed by atoms with van der Waals surface area (Å²) in [6.45, 7) is 5.61. The standard InChI is InChI=1S/C10H16N4O2/c1-6(2)12-9-4-8(11-5-10(15)16)13-7(3)14-9/h4,6H,5H2,1-3H3,(H,15,16)(H2,11,12,13,14). The predicted molar refractivity (Wildman–Crippen MR) is 61.7 cm³/mol. The summed E-state index contributed by atoms with van der Waals surface area (Å²) in [5.41, 5.74) is 0. The lowest BCUT2D eigenvalue weighted by Gasteiger charge is -2.11. The van der Waals surface area contributed by atoms with Gasteiger partial charge in [-0.3, -0.25) is 4.79 Å². The molecule has 0 aliphatic rings. The number of carboxylic acids is 1. The molecule has 0 radical (unpaired) electrons. The van der Waals surface area contributed by atoms with Crippen LogP contribution in [0.25, 0.3) is 0 Å². The Hall–Kier alpha value is -1.85. The lowest BCUT2D eigenvalue weighted by atomic mass is 10.4. The van der Waals surface area contributed by atoms with E-state index in [0.717, 1.165) is 0 Å². The van der Waals surface area contributed by atoms with E-state index in [1.54, 1.807) is 13.0 Å². The molecule has 0 fully saturated rings. The van der Waals surface area contributed by atoms with Crippen molar-refractivity contribution in [1.82, 2.24) is 9.97 Å². The van der Waals surface area contributed by atoms with Gasteiger partial charge in [-0.2, -0.15) is 0 Å². The average Bonchev–Trinajstić information content (AvgIpc) is 2.12. The maximum Gasteiger partial charge on any atom is 0.322 e. The lowest BCUT2D eigenvalue weighted by Crippen LogP contribution is -2.16. The number of nitrogens with one attached hydrogen (secondary N) is 2. The van der Waals surface area contributed by atoms with E-state index in [1.807, 2.05) is 13.8 Å². The number of anilines is 2. The number of hydrogen-bond donors (Lipinski definition) is 3. The third-order valence-electron chi connectivity index (χ3n) is 1.70. The first-order chi connectivity index (χ1) is 7.47. The van der Waals surface area contributed by atoms with Gasteiger partial charge in [0.2, 0.25) is 0 Å². The summed E-state index contributed by atoms with van der Waals surface area (Å²) in [6.07, 6.45) is 0. The Labute approximate surface area is 94.1 Å². The zero-order chi connectivity index (χ0) is 12.1. The Morgan fingerprint density at radius 2 is 2.06 bits per heavy atom. The number of carboxylic acid groups (broad SMARTS) is 1. The van der Waals surface area contributed by atoms with Gasteiger partial charge in [0.25, 0.3) is 0 Å². The van der Waals surface area contributed by atoms with Gasteiger partial charge in [0, 0.05) is 12.1 Å². The molecule has 3 N–H and O–H groups in total. The summed E-state index contributed by atoms with van der Waals surface area (Å²) < 4.78 is 0. The van der Waals surface area contributed by atoms with E-state index in [9.17, 15) is 4.79 Å². The molecule has 0 bridgehead atoms. The van der Waals surface area contributed by atoms with Crippen molar-refractivity contribution < 1.29 is 9.90 Å². The fourth-order valence-electron chi connectivity index (χ4n) is 1.19. The SMILES string of the molecule is Cc1nc(NCC(=O)O)cc(NC(C)C)n1. The Morgan fingerprint density at radius 1 is 1.44 bits per heavy atom. The fourth-order valence-corrected chi connectivity index (χ4v) is 1.19. The van der Waals surface area contributed by atoms with E-state index in [0.29, 0.717) is 17.5 Å². The first-order valence-electron chi connectivity index (χ1n) is 5.05. The summed E-state index contributed by atoms with van der Waals surface area (Å²) in [5.74, 6) is 0.876. The van der Waals surface area contributed by atoms with E-state index in [2.05, 4.69) is 20.6 Å². The van der Waals surface area contributed by atoms with E-state index in [1.165, 1.54) is 0 Å². The van der Waals surface area contributed by atoms with Crippen LogP contribution >= 0.6 is 0 Å². The minimum absolute atomic E-state index is 0.155. The summed E-state index contributed by atoms with van der Waals surface area (Å²) in [7, 11) is 0. The van der Waals surface area contributed by atoms with Crippen molar-refractivity contribution in [3.05, 3.63) is 11.9 Å². The molecule has 88 valence electrons. The Morgan fingerprint density at radius 3 is 2.62 bits per heavy atom. The minimum atomic E-state index is -0.922. The fraction of sp³-hybridized carbons (Fsp3) is 0.500. The highest BCUT2D eigenvalue weighted by atomic mass is 16.4. The molecule has 0 saturated carbocycles. The van der Waals surface area contributed by atoms with Crippen molar-refractivity contribution in [1.29, 1.82) is 0 Å². The second kappa shape index (κ2) is 5.29. The van der Waals surface area contributed by atoms with Crippen LogP contribution in [0.3, 0.4) is 0 Å². The molecular formula is C10H16N4O2. The molecule has 1 aromatic heterocycles. The maximum absolute atomic E-state index is 10.4. The number of aliphatic carboxylic acids is 1. The quantitative estimate of drug-likeness (QED) is 0.694. The summed E-state index contributed by atoms with van der Waals surface area (Å²) in [4.78, 5) is 18.7. The van der Waals surface area contributed by atoms with Crippen molar-refractivity contribution >= 4 is 17.6 Å². The van der Waals surface area contributed by atoms with Crippen LogP contribution in [0.5, 0.6) is 0 Å². The van der Waals surface area contributed by atoms with Gasteiger partial charge < -0.3 is 15.7 Å². The molecule has 0 aliphatic heterocycles. The summed E-state index contributed by atoms with van der Waals surface area (Å²) in [5, 5.41) is 14.4. The lowest BCUT2D eigenvalue weighted by molar-refractivity contribution is -0.134. The van der Waals surface area contributed by atoms with Gasteiger partial charge in [0.1, 0.15) is 24.0 Å². The van der Waals surface area contributed by atoms with Crippen LogP contribution < -0.4 is 10.6 Å². The Bertz CT molecular complexity index is 379. The number of hydrogen-bond acceptors (Lipinski definition) is 5. The van der Waals surface area contributed by atoms with Gasteiger partial charge in [-0.25, -0.2) is 9.97 Å². The van der Waals surface area contributed by atoms with Gasteiger partial charge in [0.15, 0.2) is 0 Å². The molecule has 0 aliphatic carbocycles. The third kappa shape index (κ3) is 4.12. The molecule has 6 heteroatoms. The molecule has 0 aromatic carbocycles. The van der Waals surface area contributed by atoms with Gasteiger partial charge in [-0.05, 0) is 20.8 Å². The monoisotopic (exact) mass is 224 g/mol. The number of aromatic nitrogens is 2. The zero-order valence-electron chi connectivity index (χ0n) is 9.61. The molecule has 0 saturated heterocycles. The van der Waals surface area contributed by atoms with E-state index in [4.69, 9.17) is 5.11 Å². The zero-order valence-corrected chi connectivity index (χ0v) is 9.61.